The van der Waals surface area contributed by atoms with E-state index in [0.29, 0.717) is 5.56 Å². The van der Waals surface area contributed by atoms with Gasteiger partial charge in [-0.15, -0.1) is 0 Å². The number of aliphatic carboxylic acids is 1. The first kappa shape index (κ1) is 14.2. The van der Waals surface area contributed by atoms with Crippen LogP contribution in [0.2, 0.25) is 0 Å². The number of halogens is 1. The van der Waals surface area contributed by atoms with Crippen LogP contribution in [0.4, 0.5) is 0 Å². The predicted octanol–water partition coefficient (Wildman–Crippen LogP) is 1.80. The van der Waals surface area contributed by atoms with Crippen molar-refractivity contribution in [3.05, 3.63) is 34.3 Å². The van der Waals surface area contributed by atoms with Gasteiger partial charge < -0.3 is 14.9 Å². The third-order valence-electron chi connectivity index (χ3n) is 2.56. The van der Waals surface area contributed by atoms with E-state index in [-0.39, 0.29) is 19.8 Å². The average molecular weight is 303 g/mol. The summed E-state index contributed by atoms with van der Waals surface area (Å²) in [6.45, 7) is 1.65. The van der Waals surface area contributed by atoms with Crippen LogP contribution in [0.25, 0.3) is 0 Å². The number of carbonyl (C=O) groups is 1. The molecule has 0 aromatic heterocycles. The summed E-state index contributed by atoms with van der Waals surface area (Å²) in [6, 6.07) is 7.13. The molecule has 1 atom stereocenters. The van der Waals surface area contributed by atoms with Gasteiger partial charge >= 0.3 is 5.97 Å². The zero-order valence-electron chi connectivity index (χ0n) is 9.52. The molecular weight excluding hydrogens is 288 g/mol. The van der Waals surface area contributed by atoms with Gasteiger partial charge in [-0.3, -0.25) is 4.79 Å². The van der Waals surface area contributed by atoms with E-state index >= 15 is 0 Å². The minimum absolute atomic E-state index is 0.0271. The van der Waals surface area contributed by atoms with Crippen molar-refractivity contribution < 1.29 is 19.7 Å². The minimum Gasteiger partial charge on any atom is -0.481 e. The minimum atomic E-state index is -1.11. The van der Waals surface area contributed by atoms with Gasteiger partial charge in [0, 0.05) is 4.47 Å². The second-order valence-corrected chi connectivity index (χ2v) is 4.84. The molecule has 0 spiro atoms. The number of rotatable bonds is 6. The quantitative estimate of drug-likeness (QED) is 0.787. The van der Waals surface area contributed by atoms with Crippen molar-refractivity contribution in [3.8, 4) is 0 Å². The molecule has 0 heterocycles. The Labute approximate surface area is 108 Å². The van der Waals surface area contributed by atoms with E-state index in [9.17, 15) is 9.90 Å². The molecule has 0 amide bonds. The molecule has 4 nitrogen and oxygen atoms in total. The number of aliphatic hydroxyl groups is 1. The fourth-order valence-electron chi connectivity index (χ4n) is 1.44. The molecule has 1 rings (SSSR count). The number of aliphatic hydroxyl groups excluding tert-OH is 1. The lowest BCUT2D eigenvalue weighted by molar-refractivity contribution is -0.145. The molecule has 2 N–H and O–H groups in total. The maximum absolute atomic E-state index is 11.4. The van der Waals surface area contributed by atoms with Crippen LogP contribution >= 0.6 is 15.9 Å². The molecule has 0 aliphatic heterocycles. The zero-order chi connectivity index (χ0) is 12.9. The van der Waals surface area contributed by atoms with E-state index in [1.54, 1.807) is 25.1 Å². The van der Waals surface area contributed by atoms with Gasteiger partial charge in [0.2, 0.25) is 0 Å². The van der Waals surface area contributed by atoms with Crippen LogP contribution in [0.3, 0.4) is 0 Å². The fraction of sp³-hybridized carbons (Fsp3) is 0.417. The summed E-state index contributed by atoms with van der Waals surface area (Å²) < 4.78 is 5.98. The number of hydrogen-bond donors (Lipinski definition) is 2. The van der Waals surface area contributed by atoms with E-state index in [1.807, 2.05) is 6.07 Å². The second-order valence-electron chi connectivity index (χ2n) is 3.92. The van der Waals surface area contributed by atoms with Crippen molar-refractivity contribution in [1.29, 1.82) is 0 Å². The first-order chi connectivity index (χ1) is 8.00. The Morgan fingerprint density at radius 2 is 2.24 bits per heavy atom. The molecule has 0 aliphatic rings. The van der Waals surface area contributed by atoms with Crippen molar-refractivity contribution >= 4 is 21.9 Å². The summed E-state index contributed by atoms with van der Waals surface area (Å²) >= 11 is 3.31. The molecule has 1 aromatic rings. The van der Waals surface area contributed by atoms with Crippen LogP contribution in [0.5, 0.6) is 0 Å². The number of ether oxygens (including phenoxy) is 1. The Hall–Kier alpha value is -0.910. The molecule has 0 fully saturated rings. The molecule has 0 saturated heterocycles. The number of carboxylic acid groups (broad SMARTS) is 1. The lowest BCUT2D eigenvalue weighted by Gasteiger charge is -2.25. The third-order valence-corrected chi connectivity index (χ3v) is 3.05. The molecule has 17 heavy (non-hydrogen) atoms. The highest BCUT2D eigenvalue weighted by molar-refractivity contribution is 9.10. The predicted molar refractivity (Wildman–Crippen MR) is 67.0 cm³/mol. The average Bonchev–Trinajstić information content (AvgIpc) is 2.29. The Morgan fingerprint density at radius 3 is 2.76 bits per heavy atom. The van der Waals surface area contributed by atoms with Gasteiger partial charge in [-0.05, 0) is 24.6 Å². The van der Waals surface area contributed by atoms with Crippen LogP contribution in [0.1, 0.15) is 12.5 Å². The van der Waals surface area contributed by atoms with E-state index in [4.69, 9.17) is 9.84 Å². The van der Waals surface area contributed by atoms with Crippen LogP contribution in [-0.4, -0.2) is 36.0 Å². The second kappa shape index (κ2) is 6.14. The van der Waals surface area contributed by atoms with Crippen molar-refractivity contribution in [2.45, 2.75) is 12.3 Å². The number of carboxylic acids is 1. The summed E-state index contributed by atoms with van der Waals surface area (Å²) in [6.07, 6.45) is 0. The molecule has 0 saturated carbocycles. The number of benzene rings is 1. The molecule has 1 unspecified atom stereocenters. The normalized spacial score (nSPS) is 14.3. The Balaban J connectivity index is 2.95. The molecule has 0 bridgehead atoms. The van der Waals surface area contributed by atoms with Crippen molar-refractivity contribution in [1.82, 2.24) is 0 Å². The lowest BCUT2D eigenvalue weighted by atomic mass is 9.83. The molecule has 0 aliphatic carbocycles. The highest BCUT2D eigenvalue weighted by Crippen LogP contribution is 2.27. The van der Waals surface area contributed by atoms with Gasteiger partial charge in [0.1, 0.15) is 5.41 Å². The standard InChI is InChI=1S/C12H15BrO4/c1-12(11(15)16,8-17-6-5-14)9-3-2-4-10(13)7-9/h2-4,7,14H,5-6,8H2,1H3,(H,15,16). The van der Waals surface area contributed by atoms with Gasteiger partial charge in [-0.2, -0.15) is 0 Å². The Morgan fingerprint density at radius 1 is 1.53 bits per heavy atom. The van der Waals surface area contributed by atoms with E-state index in [1.165, 1.54) is 0 Å². The summed E-state index contributed by atoms with van der Waals surface area (Å²) in [4.78, 5) is 11.4. The van der Waals surface area contributed by atoms with Crippen LogP contribution < -0.4 is 0 Å². The summed E-state index contributed by atoms with van der Waals surface area (Å²) in [5.41, 5.74) is -0.448. The maximum Gasteiger partial charge on any atom is 0.316 e. The molecule has 5 heteroatoms. The summed E-state index contributed by atoms with van der Waals surface area (Å²) in [5.74, 6) is -0.950. The maximum atomic E-state index is 11.4. The third kappa shape index (κ3) is 3.52. The smallest absolute Gasteiger partial charge is 0.316 e. The molecular formula is C12H15BrO4. The molecule has 0 radical (unpaired) electrons. The first-order valence-electron chi connectivity index (χ1n) is 5.19. The van der Waals surface area contributed by atoms with Crippen molar-refractivity contribution in [3.63, 3.8) is 0 Å². The largest absolute Gasteiger partial charge is 0.481 e. The van der Waals surface area contributed by atoms with Gasteiger partial charge in [0.15, 0.2) is 0 Å². The topological polar surface area (TPSA) is 66.8 Å². The zero-order valence-corrected chi connectivity index (χ0v) is 11.1. The first-order valence-corrected chi connectivity index (χ1v) is 5.98. The Bertz CT molecular complexity index is 394. The van der Waals surface area contributed by atoms with Gasteiger partial charge in [-0.1, -0.05) is 28.1 Å². The van der Waals surface area contributed by atoms with Crippen LogP contribution in [-0.2, 0) is 14.9 Å². The monoisotopic (exact) mass is 302 g/mol. The SMILES string of the molecule is CC(COCCO)(C(=O)O)c1cccc(Br)c1. The lowest BCUT2D eigenvalue weighted by Crippen LogP contribution is -2.37. The summed E-state index contributed by atoms with van der Waals surface area (Å²) in [5, 5.41) is 18.0. The van der Waals surface area contributed by atoms with Gasteiger partial charge in [-0.25, -0.2) is 0 Å². The van der Waals surface area contributed by atoms with E-state index < -0.39 is 11.4 Å². The van der Waals surface area contributed by atoms with Crippen LogP contribution in [0, 0.1) is 0 Å². The highest BCUT2D eigenvalue weighted by atomic mass is 79.9. The molecule has 1 aromatic carbocycles. The molecule has 94 valence electrons. The van der Waals surface area contributed by atoms with Crippen LogP contribution in [0.15, 0.2) is 28.7 Å². The fourth-order valence-corrected chi connectivity index (χ4v) is 1.84. The van der Waals surface area contributed by atoms with Gasteiger partial charge in [0.25, 0.3) is 0 Å². The van der Waals surface area contributed by atoms with E-state index in [2.05, 4.69) is 15.9 Å². The van der Waals surface area contributed by atoms with Crippen molar-refractivity contribution in [2.24, 2.45) is 0 Å². The highest BCUT2D eigenvalue weighted by Gasteiger charge is 2.35. The van der Waals surface area contributed by atoms with E-state index in [0.717, 1.165) is 4.47 Å². The number of hydrogen-bond acceptors (Lipinski definition) is 3. The summed E-state index contributed by atoms with van der Waals surface area (Å²) in [7, 11) is 0. The Kier molecular flexibility index (Phi) is 5.11. The van der Waals surface area contributed by atoms with Gasteiger partial charge in [0.05, 0.1) is 19.8 Å². The van der Waals surface area contributed by atoms with Crippen molar-refractivity contribution in [2.75, 3.05) is 19.8 Å².